The molecule has 0 radical (unpaired) electrons. The number of carbonyl (C=O) groups is 1. The van der Waals surface area contributed by atoms with E-state index in [0.717, 1.165) is 16.7 Å². The molecular formula is C15H24N2O2S. The predicted octanol–water partition coefficient (Wildman–Crippen LogP) is 3.63. The largest absolute Gasteiger partial charge is 0.466 e. The van der Waals surface area contributed by atoms with Crippen LogP contribution in [0.1, 0.15) is 51.6 Å². The van der Waals surface area contributed by atoms with Gasteiger partial charge in [-0.3, -0.25) is 4.79 Å². The molecule has 2 rings (SSSR count). The van der Waals surface area contributed by atoms with E-state index in [9.17, 15) is 4.79 Å². The molecule has 1 unspecified atom stereocenters. The first-order chi connectivity index (χ1) is 9.69. The van der Waals surface area contributed by atoms with Crippen molar-refractivity contribution in [2.75, 3.05) is 11.9 Å². The summed E-state index contributed by atoms with van der Waals surface area (Å²) in [4.78, 5) is 15.9. The number of hydrogen-bond acceptors (Lipinski definition) is 5. The Bertz CT molecular complexity index is 427. The second-order valence-corrected chi connectivity index (χ2v) is 6.28. The summed E-state index contributed by atoms with van der Waals surface area (Å²) in [5.74, 6) is 0.635. The first-order valence-electron chi connectivity index (χ1n) is 7.55. The Hall–Kier alpha value is -1.10. The molecule has 20 heavy (non-hydrogen) atoms. The van der Waals surface area contributed by atoms with Gasteiger partial charge in [0.15, 0.2) is 5.13 Å². The number of carbonyl (C=O) groups excluding carboxylic acids is 1. The van der Waals surface area contributed by atoms with Crippen LogP contribution in [0.4, 0.5) is 5.13 Å². The highest BCUT2D eigenvalue weighted by molar-refractivity contribution is 7.13. The highest BCUT2D eigenvalue weighted by atomic mass is 32.1. The third-order valence-electron chi connectivity index (χ3n) is 3.90. The minimum Gasteiger partial charge on any atom is -0.466 e. The molecular weight excluding hydrogens is 272 g/mol. The van der Waals surface area contributed by atoms with Gasteiger partial charge in [-0.1, -0.05) is 12.8 Å². The van der Waals surface area contributed by atoms with Gasteiger partial charge in [-0.25, -0.2) is 4.98 Å². The van der Waals surface area contributed by atoms with Crippen LogP contribution in [0.25, 0.3) is 0 Å². The van der Waals surface area contributed by atoms with Crippen molar-refractivity contribution in [2.45, 2.75) is 58.4 Å². The molecule has 4 nitrogen and oxygen atoms in total. The molecule has 0 aliphatic heterocycles. The van der Waals surface area contributed by atoms with Gasteiger partial charge in [0.1, 0.15) is 0 Å². The molecule has 112 valence electrons. The van der Waals surface area contributed by atoms with Crippen molar-refractivity contribution in [3.63, 3.8) is 0 Å². The Balaban J connectivity index is 1.78. The Morgan fingerprint density at radius 1 is 1.55 bits per heavy atom. The van der Waals surface area contributed by atoms with Crippen LogP contribution in [-0.2, 0) is 16.0 Å². The number of anilines is 1. The van der Waals surface area contributed by atoms with E-state index in [-0.39, 0.29) is 5.97 Å². The fraction of sp³-hybridized carbons (Fsp3) is 0.733. The minimum absolute atomic E-state index is 0.144. The second-order valence-electron chi connectivity index (χ2n) is 5.43. The Labute approximate surface area is 124 Å². The summed E-state index contributed by atoms with van der Waals surface area (Å²) in [6.07, 6.45) is 6.45. The van der Waals surface area contributed by atoms with Gasteiger partial charge in [-0.05, 0) is 32.6 Å². The van der Waals surface area contributed by atoms with Crippen LogP contribution in [-0.4, -0.2) is 23.6 Å². The number of thiazole rings is 1. The molecule has 0 aromatic carbocycles. The first kappa shape index (κ1) is 15.3. The number of rotatable bonds is 7. The summed E-state index contributed by atoms with van der Waals surface area (Å²) in [7, 11) is 0. The van der Waals surface area contributed by atoms with E-state index in [1.54, 1.807) is 11.3 Å². The number of nitrogens with one attached hydrogen (secondary N) is 1. The van der Waals surface area contributed by atoms with E-state index in [0.29, 0.717) is 25.5 Å². The van der Waals surface area contributed by atoms with Crippen LogP contribution >= 0.6 is 11.3 Å². The van der Waals surface area contributed by atoms with Crippen molar-refractivity contribution in [3.05, 3.63) is 11.1 Å². The fourth-order valence-electron chi connectivity index (χ4n) is 2.72. The topological polar surface area (TPSA) is 51.2 Å². The molecule has 1 aliphatic rings. The lowest BCUT2D eigenvalue weighted by molar-refractivity contribution is -0.143. The zero-order valence-electron chi connectivity index (χ0n) is 12.4. The van der Waals surface area contributed by atoms with Crippen LogP contribution in [0.5, 0.6) is 0 Å². The van der Waals surface area contributed by atoms with Crippen molar-refractivity contribution >= 4 is 22.4 Å². The molecule has 1 N–H and O–H groups in total. The van der Waals surface area contributed by atoms with E-state index in [1.165, 1.54) is 25.7 Å². The Morgan fingerprint density at radius 2 is 2.30 bits per heavy atom. The summed E-state index contributed by atoms with van der Waals surface area (Å²) in [5, 5.41) is 6.51. The highest BCUT2D eigenvalue weighted by Crippen LogP contribution is 2.29. The number of hydrogen-bond donors (Lipinski definition) is 1. The van der Waals surface area contributed by atoms with Crippen LogP contribution in [0, 0.1) is 5.92 Å². The predicted molar refractivity (Wildman–Crippen MR) is 82.1 cm³/mol. The van der Waals surface area contributed by atoms with Gasteiger partial charge >= 0.3 is 5.97 Å². The highest BCUT2D eigenvalue weighted by Gasteiger charge is 2.22. The van der Waals surface area contributed by atoms with Gasteiger partial charge in [0.25, 0.3) is 0 Å². The van der Waals surface area contributed by atoms with Crippen molar-refractivity contribution in [1.82, 2.24) is 4.98 Å². The molecule has 1 aliphatic carbocycles. The number of aryl methyl sites for hydroxylation is 1. The van der Waals surface area contributed by atoms with Crippen LogP contribution in [0.2, 0.25) is 0 Å². The number of aromatic nitrogens is 1. The molecule has 0 saturated heterocycles. The quantitative estimate of drug-likeness (QED) is 0.781. The van der Waals surface area contributed by atoms with Crippen molar-refractivity contribution in [2.24, 2.45) is 5.92 Å². The maximum absolute atomic E-state index is 11.3. The Kier molecular flexibility index (Phi) is 5.83. The van der Waals surface area contributed by atoms with Gasteiger partial charge in [0, 0.05) is 17.8 Å². The molecule has 0 bridgehead atoms. The van der Waals surface area contributed by atoms with Gasteiger partial charge in [-0.2, -0.15) is 0 Å². The number of esters is 1. The van der Waals surface area contributed by atoms with E-state index in [1.807, 2.05) is 12.3 Å². The lowest BCUT2D eigenvalue weighted by atomic mass is 10.0. The van der Waals surface area contributed by atoms with Gasteiger partial charge in [-0.15, -0.1) is 11.3 Å². The molecule has 0 spiro atoms. The molecule has 1 aromatic heterocycles. The zero-order valence-corrected chi connectivity index (χ0v) is 13.2. The third kappa shape index (κ3) is 4.47. The smallest absolute Gasteiger partial charge is 0.306 e. The SMILES string of the molecule is CCOC(=O)CCc1csc(NC(C)C2CCCC2)n1. The summed E-state index contributed by atoms with van der Waals surface area (Å²) >= 11 is 1.63. The lowest BCUT2D eigenvalue weighted by Crippen LogP contribution is -2.23. The molecule has 1 fully saturated rings. The maximum Gasteiger partial charge on any atom is 0.306 e. The molecule has 5 heteroatoms. The first-order valence-corrected chi connectivity index (χ1v) is 8.43. The molecule has 0 amide bonds. The average molecular weight is 296 g/mol. The Morgan fingerprint density at radius 3 is 3.00 bits per heavy atom. The normalized spacial score (nSPS) is 17.1. The molecule has 1 heterocycles. The lowest BCUT2D eigenvalue weighted by Gasteiger charge is -2.19. The van der Waals surface area contributed by atoms with E-state index in [2.05, 4.69) is 17.2 Å². The van der Waals surface area contributed by atoms with Crippen LogP contribution < -0.4 is 5.32 Å². The standard InChI is InChI=1S/C15H24N2O2S/c1-3-19-14(18)9-8-13-10-20-15(17-13)16-11(2)12-6-4-5-7-12/h10-12H,3-9H2,1-2H3,(H,16,17). The summed E-state index contributed by atoms with van der Waals surface area (Å²) in [6.45, 7) is 4.52. The zero-order chi connectivity index (χ0) is 14.4. The number of ether oxygens (including phenoxy) is 1. The minimum atomic E-state index is -0.144. The van der Waals surface area contributed by atoms with Gasteiger partial charge in [0.2, 0.25) is 0 Å². The van der Waals surface area contributed by atoms with Crippen LogP contribution in [0.3, 0.4) is 0 Å². The molecule has 1 aromatic rings. The van der Waals surface area contributed by atoms with E-state index in [4.69, 9.17) is 4.74 Å². The maximum atomic E-state index is 11.3. The van der Waals surface area contributed by atoms with E-state index >= 15 is 0 Å². The van der Waals surface area contributed by atoms with Gasteiger partial charge in [0.05, 0.1) is 18.7 Å². The van der Waals surface area contributed by atoms with Crippen molar-refractivity contribution in [1.29, 1.82) is 0 Å². The third-order valence-corrected chi connectivity index (χ3v) is 4.72. The van der Waals surface area contributed by atoms with Crippen molar-refractivity contribution < 1.29 is 9.53 Å². The summed E-state index contributed by atoms with van der Waals surface area (Å²) in [5.41, 5.74) is 0.976. The average Bonchev–Trinajstić information content (AvgIpc) is 3.08. The van der Waals surface area contributed by atoms with Crippen LogP contribution in [0.15, 0.2) is 5.38 Å². The molecule has 1 atom stereocenters. The second kappa shape index (κ2) is 7.62. The summed E-state index contributed by atoms with van der Waals surface area (Å²) < 4.78 is 4.92. The van der Waals surface area contributed by atoms with Gasteiger partial charge < -0.3 is 10.1 Å². The molecule has 1 saturated carbocycles. The van der Waals surface area contributed by atoms with Crippen molar-refractivity contribution in [3.8, 4) is 0 Å². The number of nitrogens with zero attached hydrogens (tertiary/aromatic N) is 1. The fourth-order valence-corrected chi connectivity index (χ4v) is 3.56. The monoisotopic (exact) mass is 296 g/mol. The summed E-state index contributed by atoms with van der Waals surface area (Å²) in [6, 6.07) is 0.488. The van der Waals surface area contributed by atoms with E-state index < -0.39 is 0 Å².